The van der Waals surface area contributed by atoms with Crippen LogP contribution in [0.15, 0.2) is 30.3 Å². The summed E-state index contributed by atoms with van der Waals surface area (Å²) in [6.45, 7) is 0.807. The molecule has 0 aliphatic heterocycles. The van der Waals surface area contributed by atoms with Crippen LogP contribution in [-0.2, 0) is 13.6 Å². The van der Waals surface area contributed by atoms with Crippen LogP contribution in [0.4, 0.5) is 0 Å². The van der Waals surface area contributed by atoms with Crippen molar-refractivity contribution in [3.63, 3.8) is 0 Å². The molecule has 4 nitrogen and oxygen atoms in total. The molecule has 0 unspecified atom stereocenters. The van der Waals surface area contributed by atoms with Crippen LogP contribution in [0.25, 0.3) is 11.4 Å². The number of nitrogens with zero attached hydrogens (tertiary/aromatic N) is 3. The molecule has 1 aliphatic rings. The molecule has 0 bridgehead atoms. The van der Waals surface area contributed by atoms with Crippen LogP contribution in [0.3, 0.4) is 0 Å². The Balaban J connectivity index is 1.79. The zero-order valence-corrected chi connectivity index (χ0v) is 9.93. The van der Waals surface area contributed by atoms with E-state index < -0.39 is 0 Å². The quantitative estimate of drug-likeness (QED) is 0.866. The number of aromatic nitrogens is 3. The Morgan fingerprint density at radius 2 is 2.06 bits per heavy atom. The molecule has 1 N–H and O–H groups in total. The first-order valence-electron chi connectivity index (χ1n) is 6.01. The number of nitrogens with one attached hydrogen (secondary N) is 1. The van der Waals surface area contributed by atoms with Crippen molar-refractivity contribution in [2.75, 3.05) is 0 Å². The molecule has 3 rings (SSSR count). The summed E-state index contributed by atoms with van der Waals surface area (Å²) < 4.78 is 1.86. The largest absolute Gasteiger partial charge is 0.307 e. The van der Waals surface area contributed by atoms with Gasteiger partial charge < -0.3 is 5.32 Å². The number of hydrogen-bond acceptors (Lipinski definition) is 3. The van der Waals surface area contributed by atoms with Crippen LogP contribution in [0.5, 0.6) is 0 Å². The molecule has 1 saturated carbocycles. The molecule has 88 valence electrons. The van der Waals surface area contributed by atoms with Crippen LogP contribution in [0.1, 0.15) is 18.7 Å². The zero-order valence-electron chi connectivity index (χ0n) is 9.93. The third-order valence-corrected chi connectivity index (χ3v) is 3.01. The van der Waals surface area contributed by atoms with Crippen molar-refractivity contribution >= 4 is 0 Å². The lowest BCUT2D eigenvalue weighted by Crippen LogP contribution is -2.18. The molecule has 1 heterocycles. The summed E-state index contributed by atoms with van der Waals surface area (Å²) in [6, 6.07) is 10.8. The third-order valence-electron chi connectivity index (χ3n) is 3.01. The topological polar surface area (TPSA) is 42.7 Å². The molecule has 0 radical (unpaired) electrons. The van der Waals surface area contributed by atoms with Gasteiger partial charge in [0.15, 0.2) is 5.82 Å². The molecule has 0 amide bonds. The lowest BCUT2D eigenvalue weighted by atomic mass is 10.2. The summed E-state index contributed by atoms with van der Waals surface area (Å²) in [5.41, 5.74) is 1.07. The lowest BCUT2D eigenvalue weighted by Gasteiger charge is -2.00. The summed E-state index contributed by atoms with van der Waals surface area (Å²) in [6.07, 6.45) is 2.59. The Hall–Kier alpha value is -1.68. The molecule has 1 aromatic heterocycles. The van der Waals surface area contributed by atoms with Gasteiger partial charge in [-0.2, -0.15) is 5.10 Å². The van der Waals surface area contributed by atoms with Gasteiger partial charge in [-0.25, -0.2) is 4.98 Å². The van der Waals surface area contributed by atoms with E-state index in [1.54, 1.807) is 0 Å². The first-order chi connectivity index (χ1) is 8.33. The molecule has 0 saturated heterocycles. The third kappa shape index (κ3) is 2.36. The van der Waals surface area contributed by atoms with E-state index in [0.29, 0.717) is 6.04 Å². The molecule has 1 fully saturated rings. The maximum atomic E-state index is 4.57. The minimum Gasteiger partial charge on any atom is -0.307 e. The second-order valence-electron chi connectivity index (χ2n) is 4.50. The monoisotopic (exact) mass is 228 g/mol. The average Bonchev–Trinajstić information content (AvgIpc) is 3.12. The highest BCUT2D eigenvalue weighted by Gasteiger charge is 2.21. The van der Waals surface area contributed by atoms with Crippen molar-refractivity contribution in [3.05, 3.63) is 36.2 Å². The predicted molar refractivity (Wildman–Crippen MR) is 66.3 cm³/mol. The Morgan fingerprint density at radius 3 is 2.76 bits per heavy atom. The van der Waals surface area contributed by atoms with E-state index in [1.165, 1.54) is 12.8 Å². The summed E-state index contributed by atoms with van der Waals surface area (Å²) in [7, 11) is 1.95. The molecule has 0 atom stereocenters. The van der Waals surface area contributed by atoms with E-state index in [-0.39, 0.29) is 0 Å². The van der Waals surface area contributed by atoms with E-state index in [1.807, 2.05) is 42.1 Å². The Labute approximate surface area is 101 Å². The van der Waals surface area contributed by atoms with E-state index in [9.17, 15) is 0 Å². The SMILES string of the molecule is Cn1nc(-c2ccccc2)nc1CNC1CC1. The fourth-order valence-electron chi connectivity index (χ4n) is 1.80. The second-order valence-corrected chi connectivity index (χ2v) is 4.50. The maximum absolute atomic E-state index is 4.57. The summed E-state index contributed by atoms with van der Waals surface area (Å²) >= 11 is 0. The Bertz CT molecular complexity index is 499. The lowest BCUT2D eigenvalue weighted by molar-refractivity contribution is 0.611. The smallest absolute Gasteiger partial charge is 0.181 e. The fraction of sp³-hybridized carbons (Fsp3) is 0.385. The number of aryl methyl sites for hydroxylation is 1. The van der Waals surface area contributed by atoms with Crippen molar-refractivity contribution < 1.29 is 0 Å². The van der Waals surface area contributed by atoms with Gasteiger partial charge in [-0.3, -0.25) is 4.68 Å². The average molecular weight is 228 g/mol. The van der Waals surface area contributed by atoms with Crippen LogP contribution >= 0.6 is 0 Å². The number of hydrogen-bond donors (Lipinski definition) is 1. The number of benzene rings is 1. The van der Waals surface area contributed by atoms with Crippen LogP contribution in [-0.4, -0.2) is 20.8 Å². The van der Waals surface area contributed by atoms with E-state index in [2.05, 4.69) is 15.4 Å². The molecule has 0 spiro atoms. The Morgan fingerprint density at radius 1 is 1.29 bits per heavy atom. The molecular formula is C13H16N4. The molecule has 1 aliphatic carbocycles. The van der Waals surface area contributed by atoms with E-state index >= 15 is 0 Å². The zero-order chi connectivity index (χ0) is 11.7. The minimum absolute atomic E-state index is 0.701. The van der Waals surface area contributed by atoms with Gasteiger partial charge in [-0.05, 0) is 12.8 Å². The standard InChI is InChI=1S/C13H16N4/c1-17-12(9-14-11-7-8-11)15-13(16-17)10-5-3-2-4-6-10/h2-6,11,14H,7-9H2,1H3. The van der Waals surface area contributed by atoms with Crippen LogP contribution in [0.2, 0.25) is 0 Å². The van der Waals surface area contributed by atoms with Gasteiger partial charge >= 0.3 is 0 Å². The van der Waals surface area contributed by atoms with E-state index in [4.69, 9.17) is 0 Å². The fourth-order valence-corrected chi connectivity index (χ4v) is 1.80. The van der Waals surface area contributed by atoms with Gasteiger partial charge in [0.2, 0.25) is 0 Å². The molecule has 1 aromatic carbocycles. The van der Waals surface area contributed by atoms with Gasteiger partial charge in [0.1, 0.15) is 5.82 Å². The van der Waals surface area contributed by atoms with Gasteiger partial charge in [-0.15, -0.1) is 0 Å². The summed E-state index contributed by atoms with van der Waals surface area (Å²) in [4.78, 5) is 4.57. The normalized spacial score (nSPS) is 15.1. The summed E-state index contributed by atoms with van der Waals surface area (Å²) in [5, 5.41) is 7.90. The highest BCUT2D eigenvalue weighted by atomic mass is 15.3. The van der Waals surface area contributed by atoms with Gasteiger partial charge in [0.25, 0.3) is 0 Å². The van der Waals surface area contributed by atoms with Crippen LogP contribution in [0, 0.1) is 0 Å². The molecule has 2 aromatic rings. The molecular weight excluding hydrogens is 212 g/mol. The highest BCUT2D eigenvalue weighted by molar-refractivity contribution is 5.53. The van der Waals surface area contributed by atoms with Crippen molar-refractivity contribution in [2.24, 2.45) is 7.05 Å². The predicted octanol–water partition coefficient (Wildman–Crippen LogP) is 1.73. The van der Waals surface area contributed by atoms with Crippen molar-refractivity contribution in [2.45, 2.75) is 25.4 Å². The maximum Gasteiger partial charge on any atom is 0.181 e. The van der Waals surface area contributed by atoms with Crippen LogP contribution < -0.4 is 5.32 Å². The molecule has 17 heavy (non-hydrogen) atoms. The van der Waals surface area contributed by atoms with Crippen molar-refractivity contribution in [3.8, 4) is 11.4 Å². The highest BCUT2D eigenvalue weighted by Crippen LogP contribution is 2.19. The first-order valence-corrected chi connectivity index (χ1v) is 6.01. The molecule has 4 heteroatoms. The van der Waals surface area contributed by atoms with Gasteiger partial charge in [-0.1, -0.05) is 30.3 Å². The van der Waals surface area contributed by atoms with Crippen molar-refractivity contribution in [1.82, 2.24) is 20.1 Å². The van der Waals surface area contributed by atoms with Crippen molar-refractivity contribution in [1.29, 1.82) is 0 Å². The second kappa shape index (κ2) is 4.30. The van der Waals surface area contributed by atoms with Gasteiger partial charge in [0.05, 0.1) is 6.54 Å². The Kier molecular flexibility index (Phi) is 2.65. The van der Waals surface area contributed by atoms with E-state index in [0.717, 1.165) is 23.8 Å². The first kappa shape index (κ1) is 10.5. The number of rotatable bonds is 4. The summed E-state index contributed by atoms with van der Waals surface area (Å²) in [5.74, 6) is 1.80. The minimum atomic E-state index is 0.701. The van der Waals surface area contributed by atoms with Gasteiger partial charge in [0, 0.05) is 18.7 Å².